The minimum absolute atomic E-state index is 0.282. The van der Waals surface area contributed by atoms with Crippen LogP contribution in [-0.2, 0) is 0 Å². The molecule has 0 aliphatic carbocycles. The van der Waals surface area contributed by atoms with Gasteiger partial charge < -0.3 is 15.0 Å². The van der Waals surface area contributed by atoms with Crippen molar-refractivity contribution in [2.45, 2.75) is 19.9 Å². The molecule has 0 bridgehead atoms. The fourth-order valence-corrected chi connectivity index (χ4v) is 2.22. The Balaban J connectivity index is 2.58. The van der Waals surface area contributed by atoms with E-state index in [1.165, 1.54) is 0 Å². The number of methoxy groups -OCH3 is 1. The summed E-state index contributed by atoms with van der Waals surface area (Å²) in [7, 11) is 1.64. The molecule has 1 heterocycles. The van der Waals surface area contributed by atoms with Gasteiger partial charge in [-0.1, -0.05) is 15.9 Å². The van der Waals surface area contributed by atoms with E-state index in [0.717, 1.165) is 21.5 Å². The zero-order valence-corrected chi connectivity index (χ0v) is 12.2. The van der Waals surface area contributed by atoms with Crippen LogP contribution in [0.2, 0.25) is 0 Å². The fourth-order valence-electron chi connectivity index (χ4n) is 1.85. The van der Waals surface area contributed by atoms with Crippen LogP contribution in [0.15, 0.2) is 29.0 Å². The number of hydrogen-bond acceptors (Lipinski definition) is 3. The predicted octanol–water partition coefficient (Wildman–Crippen LogP) is 3.48. The van der Waals surface area contributed by atoms with Crippen LogP contribution in [0, 0.1) is 0 Å². The maximum absolute atomic E-state index is 6.14. The number of benzene rings is 1. The summed E-state index contributed by atoms with van der Waals surface area (Å²) in [6, 6.07) is 6.07. The molecule has 4 nitrogen and oxygen atoms in total. The Morgan fingerprint density at radius 3 is 2.67 bits per heavy atom. The molecular weight excluding hydrogens is 294 g/mol. The average molecular weight is 310 g/mol. The number of hydrogen-bond donors (Lipinski definition) is 1. The van der Waals surface area contributed by atoms with E-state index in [1.54, 1.807) is 13.4 Å². The number of ether oxygens (including phenoxy) is 1. The minimum Gasteiger partial charge on any atom is -0.496 e. The van der Waals surface area contributed by atoms with Gasteiger partial charge in [-0.2, -0.15) is 0 Å². The van der Waals surface area contributed by atoms with Crippen molar-refractivity contribution < 1.29 is 4.74 Å². The van der Waals surface area contributed by atoms with Crippen LogP contribution in [0.3, 0.4) is 0 Å². The monoisotopic (exact) mass is 309 g/mol. The van der Waals surface area contributed by atoms with E-state index in [9.17, 15) is 0 Å². The molecular formula is C13H16BrN3O. The van der Waals surface area contributed by atoms with Crippen LogP contribution in [0.25, 0.3) is 11.3 Å². The number of nitrogens with zero attached hydrogens (tertiary/aromatic N) is 2. The Bertz CT molecular complexity index is 563. The summed E-state index contributed by atoms with van der Waals surface area (Å²) in [6.45, 7) is 4.14. The summed E-state index contributed by atoms with van der Waals surface area (Å²) in [6.07, 6.45) is 1.76. The summed E-state index contributed by atoms with van der Waals surface area (Å²) >= 11 is 3.45. The second-order valence-corrected chi connectivity index (χ2v) is 5.24. The van der Waals surface area contributed by atoms with Crippen molar-refractivity contribution in [3.05, 3.63) is 29.0 Å². The van der Waals surface area contributed by atoms with Gasteiger partial charge in [-0.25, -0.2) is 4.98 Å². The highest BCUT2D eigenvalue weighted by molar-refractivity contribution is 9.10. The van der Waals surface area contributed by atoms with Gasteiger partial charge in [0.05, 0.1) is 13.4 Å². The molecule has 0 fully saturated rings. The van der Waals surface area contributed by atoms with Gasteiger partial charge in [0.2, 0.25) is 0 Å². The minimum atomic E-state index is 0.282. The first-order valence-corrected chi connectivity index (χ1v) is 6.50. The molecule has 0 amide bonds. The lowest BCUT2D eigenvalue weighted by Gasteiger charge is -2.11. The van der Waals surface area contributed by atoms with Gasteiger partial charge >= 0.3 is 0 Å². The summed E-state index contributed by atoms with van der Waals surface area (Å²) in [5, 5.41) is 0. The van der Waals surface area contributed by atoms with Crippen molar-refractivity contribution in [3.63, 3.8) is 0 Å². The number of halogens is 1. The highest BCUT2D eigenvalue weighted by Gasteiger charge is 2.15. The number of nitrogens with two attached hydrogens (primary N) is 1. The first-order chi connectivity index (χ1) is 8.54. The third-order valence-corrected chi connectivity index (χ3v) is 3.30. The zero-order valence-electron chi connectivity index (χ0n) is 10.6. The number of rotatable bonds is 3. The lowest BCUT2D eigenvalue weighted by atomic mass is 10.1. The molecule has 0 saturated heterocycles. The zero-order chi connectivity index (χ0) is 13.3. The van der Waals surface area contributed by atoms with Crippen LogP contribution in [-0.4, -0.2) is 16.7 Å². The molecule has 0 aliphatic rings. The molecule has 2 aromatic rings. The predicted molar refractivity (Wildman–Crippen MR) is 76.7 cm³/mol. The van der Waals surface area contributed by atoms with Gasteiger partial charge in [0.25, 0.3) is 0 Å². The molecule has 1 aromatic carbocycles. The van der Waals surface area contributed by atoms with Gasteiger partial charge in [-0.3, -0.25) is 0 Å². The van der Waals surface area contributed by atoms with E-state index in [-0.39, 0.29) is 6.04 Å². The molecule has 0 radical (unpaired) electrons. The van der Waals surface area contributed by atoms with Gasteiger partial charge in [0.1, 0.15) is 17.3 Å². The van der Waals surface area contributed by atoms with Gasteiger partial charge in [0, 0.05) is 16.1 Å². The molecule has 2 N–H and O–H groups in total. The molecule has 2 rings (SSSR count). The van der Waals surface area contributed by atoms with Gasteiger partial charge in [-0.05, 0) is 32.0 Å². The third-order valence-electron chi connectivity index (χ3n) is 2.81. The molecule has 1 aromatic heterocycles. The number of imidazole rings is 1. The Hall–Kier alpha value is -1.49. The highest BCUT2D eigenvalue weighted by atomic mass is 79.9. The van der Waals surface area contributed by atoms with E-state index in [2.05, 4.69) is 34.8 Å². The third kappa shape index (κ3) is 2.22. The first kappa shape index (κ1) is 13.0. The smallest absolute Gasteiger partial charge is 0.131 e. The molecule has 0 saturated carbocycles. The quantitative estimate of drug-likeness (QED) is 0.944. The first-order valence-electron chi connectivity index (χ1n) is 5.70. The second kappa shape index (κ2) is 5.02. The van der Waals surface area contributed by atoms with Crippen molar-refractivity contribution >= 4 is 21.7 Å². The van der Waals surface area contributed by atoms with E-state index in [4.69, 9.17) is 10.5 Å². The maximum atomic E-state index is 6.14. The van der Waals surface area contributed by atoms with Crippen LogP contribution in [0.5, 0.6) is 5.75 Å². The maximum Gasteiger partial charge on any atom is 0.131 e. The normalized spacial score (nSPS) is 10.9. The summed E-state index contributed by atoms with van der Waals surface area (Å²) < 4.78 is 8.26. The van der Waals surface area contributed by atoms with Crippen LogP contribution in [0.4, 0.5) is 5.82 Å². The summed E-state index contributed by atoms with van der Waals surface area (Å²) in [5.41, 5.74) is 7.78. The number of nitrogen functional groups attached to an aromatic ring is 1. The number of aromatic nitrogens is 2. The lowest BCUT2D eigenvalue weighted by molar-refractivity contribution is 0.416. The Labute approximate surface area is 115 Å². The molecule has 18 heavy (non-hydrogen) atoms. The van der Waals surface area contributed by atoms with E-state index >= 15 is 0 Å². The molecule has 5 heteroatoms. The van der Waals surface area contributed by atoms with E-state index in [0.29, 0.717) is 5.82 Å². The van der Waals surface area contributed by atoms with Crippen molar-refractivity contribution in [2.24, 2.45) is 0 Å². The van der Waals surface area contributed by atoms with Crippen LogP contribution in [0.1, 0.15) is 19.9 Å². The number of anilines is 1. The molecule has 0 unspecified atom stereocenters. The lowest BCUT2D eigenvalue weighted by Crippen LogP contribution is -2.04. The average Bonchev–Trinajstić information content (AvgIpc) is 2.71. The SMILES string of the molecule is COc1ccc(Br)cc1-c1ncn(C(C)C)c1N. The largest absolute Gasteiger partial charge is 0.496 e. The molecule has 96 valence electrons. The van der Waals surface area contributed by atoms with E-state index in [1.807, 2.05) is 22.8 Å². The molecule has 0 atom stereocenters. The van der Waals surface area contributed by atoms with Crippen molar-refractivity contribution in [1.29, 1.82) is 0 Å². The van der Waals surface area contributed by atoms with Gasteiger partial charge in [-0.15, -0.1) is 0 Å². The molecule has 0 spiro atoms. The summed E-state index contributed by atoms with van der Waals surface area (Å²) in [4.78, 5) is 4.39. The van der Waals surface area contributed by atoms with E-state index < -0.39 is 0 Å². The Morgan fingerprint density at radius 1 is 1.39 bits per heavy atom. The fraction of sp³-hybridized carbons (Fsp3) is 0.308. The second-order valence-electron chi connectivity index (χ2n) is 4.32. The van der Waals surface area contributed by atoms with Crippen molar-refractivity contribution in [2.75, 3.05) is 12.8 Å². The standard InChI is InChI=1S/C13H16BrN3O/c1-8(2)17-7-16-12(13(17)15)10-6-9(14)4-5-11(10)18-3/h4-8H,15H2,1-3H3. The van der Waals surface area contributed by atoms with Gasteiger partial charge in [0.15, 0.2) is 0 Å². The molecule has 0 aliphatic heterocycles. The van der Waals surface area contributed by atoms with Crippen molar-refractivity contribution in [1.82, 2.24) is 9.55 Å². The summed E-state index contributed by atoms with van der Waals surface area (Å²) in [5.74, 6) is 1.42. The highest BCUT2D eigenvalue weighted by Crippen LogP contribution is 2.35. The Kier molecular flexibility index (Phi) is 3.61. The Morgan fingerprint density at radius 2 is 2.11 bits per heavy atom. The van der Waals surface area contributed by atoms with Crippen LogP contribution >= 0.6 is 15.9 Å². The van der Waals surface area contributed by atoms with Crippen LogP contribution < -0.4 is 10.5 Å². The van der Waals surface area contributed by atoms with Crippen molar-refractivity contribution in [3.8, 4) is 17.0 Å². The topological polar surface area (TPSA) is 53.1 Å².